The zero-order chi connectivity index (χ0) is 17.6. The van der Waals surface area contributed by atoms with Gasteiger partial charge in [-0.05, 0) is 25.8 Å². The number of nitrogens with one attached hydrogen (secondary N) is 1. The van der Waals surface area contributed by atoms with Crippen molar-refractivity contribution in [2.24, 2.45) is 4.99 Å². The van der Waals surface area contributed by atoms with E-state index in [0.29, 0.717) is 19.6 Å². The van der Waals surface area contributed by atoms with Gasteiger partial charge in [-0.2, -0.15) is 0 Å². The normalized spacial score (nSPS) is 17.2. The fraction of sp³-hybridized carbons (Fsp3) is 0.588. The highest BCUT2D eigenvalue weighted by Crippen LogP contribution is 2.12. The van der Waals surface area contributed by atoms with Gasteiger partial charge in [0.2, 0.25) is 10.0 Å². The number of aliphatic imine (C=N–C) groups is 1. The Morgan fingerprint density at radius 1 is 1.32 bits per heavy atom. The molecule has 2 rings (SSSR count). The number of nitrogens with zero attached hydrogens (tertiary/aromatic N) is 3. The minimum atomic E-state index is -3.04. The molecule has 0 atom stereocenters. The summed E-state index contributed by atoms with van der Waals surface area (Å²) in [7, 11) is -1.05. The maximum atomic E-state index is 11.8. The molecule has 0 unspecified atom stereocenters. The number of sulfonamides is 1. The van der Waals surface area contributed by atoms with E-state index < -0.39 is 10.0 Å². The van der Waals surface area contributed by atoms with E-state index >= 15 is 0 Å². The van der Waals surface area contributed by atoms with Gasteiger partial charge in [0.15, 0.2) is 5.96 Å². The second-order valence-corrected chi connectivity index (χ2v) is 8.23. The first kappa shape index (κ1) is 22.2. The van der Waals surface area contributed by atoms with Gasteiger partial charge >= 0.3 is 0 Å². The van der Waals surface area contributed by atoms with Crippen LogP contribution in [0.4, 0.5) is 0 Å². The van der Waals surface area contributed by atoms with Crippen molar-refractivity contribution in [1.82, 2.24) is 14.5 Å². The summed E-state index contributed by atoms with van der Waals surface area (Å²) in [5, 5.41) is 3.27. The van der Waals surface area contributed by atoms with Crippen LogP contribution in [0, 0.1) is 6.92 Å². The molecule has 0 bridgehead atoms. The Hall–Kier alpha value is -0.870. The van der Waals surface area contributed by atoms with Gasteiger partial charge in [0.1, 0.15) is 0 Å². The molecule has 1 fully saturated rings. The van der Waals surface area contributed by atoms with Crippen LogP contribution in [0.25, 0.3) is 0 Å². The zero-order valence-corrected chi connectivity index (χ0v) is 18.4. The van der Waals surface area contributed by atoms with Gasteiger partial charge in [-0.25, -0.2) is 12.7 Å². The predicted molar refractivity (Wildman–Crippen MR) is 114 cm³/mol. The fourth-order valence-corrected chi connectivity index (χ4v) is 4.24. The molecule has 0 spiro atoms. The summed E-state index contributed by atoms with van der Waals surface area (Å²) >= 11 is 0. The highest BCUT2D eigenvalue weighted by atomic mass is 127. The fourth-order valence-electron chi connectivity index (χ4n) is 2.72. The van der Waals surface area contributed by atoms with Crippen LogP contribution < -0.4 is 5.32 Å². The lowest BCUT2D eigenvalue weighted by atomic mass is 10.1. The molecular formula is C17H29IN4O2S. The van der Waals surface area contributed by atoms with Crippen LogP contribution in [0.3, 0.4) is 0 Å². The molecule has 1 aromatic rings. The molecule has 0 amide bonds. The van der Waals surface area contributed by atoms with Crippen LogP contribution in [-0.4, -0.2) is 62.6 Å². The van der Waals surface area contributed by atoms with Crippen molar-refractivity contribution in [1.29, 1.82) is 0 Å². The first-order chi connectivity index (χ1) is 11.4. The van der Waals surface area contributed by atoms with Gasteiger partial charge in [-0.15, -0.1) is 24.0 Å². The Balaban J connectivity index is 0.00000312. The maximum Gasteiger partial charge on any atom is 0.214 e. The molecule has 1 aliphatic heterocycles. The van der Waals surface area contributed by atoms with Crippen LogP contribution >= 0.6 is 24.0 Å². The number of aryl methyl sites for hydroxylation is 1. The molecule has 0 saturated carbocycles. The summed E-state index contributed by atoms with van der Waals surface area (Å²) in [6, 6.07) is 8.44. The van der Waals surface area contributed by atoms with Crippen LogP contribution in [-0.2, 0) is 16.6 Å². The number of benzene rings is 1. The van der Waals surface area contributed by atoms with Crippen molar-refractivity contribution in [2.75, 3.05) is 39.0 Å². The van der Waals surface area contributed by atoms with Crippen molar-refractivity contribution in [3.05, 3.63) is 35.4 Å². The number of halogens is 1. The second kappa shape index (κ2) is 10.3. The van der Waals surface area contributed by atoms with E-state index in [1.807, 2.05) is 14.0 Å². The van der Waals surface area contributed by atoms with Gasteiger partial charge in [0, 0.05) is 33.2 Å². The molecule has 0 radical (unpaired) electrons. The van der Waals surface area contributed by atoms with Crippen molar-refractivity contribution < 1.29 is 8.42 Å². The summed E-state index contributed by atoms with van der Waals surface area (Å²) in [4.78, 5) is 6.64. The minimum Gasteiger partial charge on any atom is -0.357 e. The Kier molecular flexibility index (Phi) is 9.15. The van der Waals surface area contributed by atoms with E-state index in [2.05, 4.69) is 46.4 Å². The lowest BCUT2D eigenvalue weighted by molar-refractivity contribution is 0.445. The predicted octanol–water partition coefficient (Wildman–Crippen LogP) is 2.05. The molecular weight excluding hydrogens is 451 g/mol. The molecule has 1 heterocycles. The van der Waals surface area contributed by atoms with Gasteiger partial charge < -0.3 is 10.2 Å². The van der Waals surface area contributed by atoms with Crippen LogP contribution in [0.5, 0.6) is 0 Å². The maximum absolute atomic E-state index is 11.8. The summed E-state index contributed by atoms with van der Waals surface area (Å²) in [6.07, 6.45) is 0.722. The van der Waals surface area contributed by atoms with Crippen LogP contribution in [0.15, 0.2) is 29.3 Å². The van der Waals surface area contributed by atoms with Gasteiger partial charge in [-0.1, -0.05) is 29.8 Å². The van der Waals surface area contributed by atoms with Gasteiger partial charge in [-0.3, -0.25) is 4.99 Å². The number of hydrogen-bond donors (Lipinski definition) is 1. The zero-order valence-electron chi connectivity index (χ0n) is 15.2. The molecule has 142 valence electrons. The van der Waals surface area contributed by atoms with Crippen molar-refractivity contribution in [2.45, 2.75) is 26.8 Å². The van der Waals surface area contributed by atoms with E-state index in [0.717, 1.165) is 25.5 Å². The van der Waals surface area contributed by atoms with Crippen LogP contribution in [0.2, 0.25) is 0 Å². The second-order valence-electron chi connectivity index (χ2n) is 6.15. The molecule has 0 aromatic heterocycles. The third kappa shape index (κ3) is 6.74. The average Bonchev–Trinajstić information content (AvgIpc) is 2.87. The van der Waals surface area contributed by atoms with Crippen LogP contribution in [0.1, 0.15) is 24.5 Å². The number of guanidine groups is 1. The van der Waals surface area contributed by atoms with E-state index in [-0.39, 0.29) is 29.7 Å². The smallest absolute Gasteiger partial charge is 0.214 e. The number of rotatable bonds is 6. The first-order valence-corrected chi connectivity index (χ1v) is 10.1. The summed E-state index contributed by atoms with van der Waals surface area (Å²) in [5.74, 6) is 1.07. The van der Waals surface area contributed by atoms with E-state index in [9.17, 15) is 8.42 Å². The lowest BCUT2D eigenvalue weighted by Gasteiger charge is -2.22. The molecule has 0 aliphatic carbocycles. The molecule has 1 N–H and O–H groups in total. The van der Waals surface area contributed by atoms with E-state index in [4.69, 9.17) is 0 Å². The minimum absolute atomic E-state index is 0. The molecule has 1 aliphatic rings. The quantitative estimate of drug-likeness (QED) is 0.385. The average molecular weight is 480 g/mol. The topological polar surface area (TPSA) is 65.0 Å². The van der Waals surface area contributed by atoms with Gasteiger partial charge in [0.05, 0.1) is 12.3 Å². The first-order valence-electron chi connectivity index (χ1n) is 8.45. The Morgan fingerprint density at radius 2 is 2.00 bits per heavy atom. The summed E-state index contributed by atoms with van der Waals surface area (Å²) in [6.45, 7) is 7.18. The van der Waals surface area contributed by atoms with E-state index in [1.165, 1.54) is 11.1 Å². The van der Waals surface area contributed by atoms with E-state index in [1.54, 1.807) is 4.31 Å². The highest BCUT2D eigenvalue weighted by Gasteiger charge is 2.27. The SMILES string of the molecule is CCNC(=NCCN1CCCS1(=O)=O)N(C)Cc1ccc(C)cc1.I. The largest absolute Gasteiger partial charge is 0.357 e. The lowest BCUT2D eigenvalue weighted by Crippen LogP contribution is -2.39. The molecule has 6 nitrogen and oxygen atoms in total. The summed E-state index contributed by atoms with van der Waals surface area (Å²) < 4.78 is 25.2. The Morgan fingerprint density at radius 3 is 2.56 bits per heavy atom. The molecule has 8 heteroatoms. The van der Waals surface area contributed by atoms with Crippen molar-refractivity contribution in [3.63, 3.8) is 0 Å². The third-order valence-corrected chi connectivity index (χ3v) is 6.01. The molecule has 1 aromatic carbocycles. The van der Waals surface area contributed by atoms with Crippen molar-refractivity contribution in [3.8, 4) is 0 Å². The molecule has 25 heavy (non-hydrogen) atoms. The summed E-state index contributed by atoms with van der Waals surface area (Å²) in [5.41, 5.74) is 2.46. The van der Waals surface area contributed by atoms with Gasteiger partial charge in [0.25, 0.3) is 0 Å². The highest BCUT2D eigenvalue weighted by molar-refractivity contribution is 14.0. The van der Waals surface area contributed by atoms with Crippen molar-refractivity contribution >= 4 is 40.0 Å². The Labute approximate surface area is 168 Å². The third-order valence-electron chi connectivity index (χ3n) is 4.05. The monoisotopic (exact) mass is 480 g/mol. The number of hydrogen-bond acceptors (Lipinski definition) is 3. The molecule has 1 saturated heterocycles. The standard InChI is InChI=1S/C17H28N4O2S.HI/c1-4-18-17(19-10-12-21-11-5-13-24(21,22)23)20(3)14-16-8-6-15(2)7-9-16;/h6-9H,4-5,10-14H2,1-3H3,(H,18,19);1H. The Bertz CT molecular complexity index is 662.